The number of methoxy groups -OCH3 is 1. The molecule has 0 radical (unpaired) electrons. The molecular formula is C17H14BrN3O6. The van der Waals surface area contributed by atoms with Crippen LogP contribution in [0.15, 0.2) is 34.8 Å². The first-order valence-electron chi connectivity index (χ1n) is 7.89. The lowest BCUT2D eigenvalue weighted by Gasteiger charge is -2.31. The summed E-state index contributed by atoms with van der Waals surface area (Å²) in [6, 6.07) is 7.64. The third kappa shape index (κ3) is 3.47. The fourth-order valence-corrected chi connectivity index (χ4v) is 3.71. The van der Waals surface area contributed by atoms with E-state index >= 15 is 0 Å². The standard InChI is InChI=1S/C17H14BrN3O6/c1-27-17(22)12-7-11(20(23)24)8-15(21(25)26)16(12)19-6-5-10-3-2-4-14(18)13(10)9-19/h2-4,7-8H,5-6,9H2,1H3. The molecule has 0 aliphatic carbocycles. The molecular weight excluding hydrogens is 422 g/mol. The zero-order valence-electron chi connectivity index (χ0n) is 14.2. The molecule has 0 saturated carbocycles. The smallest absolute Gasteiger partial charge is 0.340 e. The Balaban J connectivity index is 2.19. The van der Waals surface area contributed by atoms with Gasteiger partial charge in [-0.05, 0) is 23.6 Å². The number of carbonyl (C=O) groups is 1. The number of hydrogen-bond acceptors (Lipinski definition) is 7. The van der Waals surface area contributed by atoms with Crippen LogP contribution in [-0.4, -0.2) is 29.5 Å². The maximum Gasteiger partial charge on any atom is 0.340 e. The van der Waals surface area contributed by atoms with Gasteiger partial charge in [-0.3, -0.25) is 20.2 Å². The van der Waals surface area contributed by atoms with Gasteiger partial charge >= 0.3 is 5.97 Å². The van der Waals surface area contributed by atoms with E-state index in [0.717, 1.165) is 34.8 Å². The summed E-state index contributed by atoms with van der Waals surface area (Å²) in [7, 11) is 1.12. The third-order valence-corrected chi connectivity index (χ3v) is 5.16. The van der Waals surface area contributed by atoms with Gasteiger partial charge in [0, 0.05) is 23.6 Å². The van der Waals surface area contributed by atoms with Crippen LogP contribution in [0.25, 0.3) is 0 Å². The third-order valence-electron chi connectivity index (χ3n) is 4.42. The monoisotopic (exact) mass is 435 g/mol. The van der Waals surface area contributed by atoms with E-state index in [1.807, 2.05) is 18.2 Å². The number of carbonyl (C=O) groups excluding carboxylic acids is 1. The van der Waals surface area contributed by atoms with E-state index in [4.69, 9.17) is 4.74 Å². The van der Waals surface area contributed by atoms with Crippen LogP contribution >= 0.6 is 15.9 Å². The zero-order chi connectivity index (χ0) is 19.7. The van der Waals surface area contributed by atoms with Gasteiger partial charge in [0.15, 0.2) is 0 Å². The number of nitrogens with zero attached hydrogens (tertiary/aromatic N) is 3. The molecule has 0 bridgehead atoms. The van der Waals surface area contributed by atoms with Crippen molar-refractivity contribution in [2.24, 2.45) is 0 Å². The Morgan fingerprint density at radius 2 is 1.96 bits per heavy atom. The van der Waals surface area contributed by atoms with Gasteiger partial charge in [0.2, 0.25) is 0 Å². The molecule has 0 aromatic heterocycles. The molecule has 1 aliphatic heterocycles. The molecule has 9 nitrogen and oxygen atoms in total. The van der Waals surface area contributed by atoms with Crippen molar-refractivity contribution in [3.63, 3.8) is 0 Å². The van der Waals surface area contributed by atoms with Crippen LogP contribution in [0.3, 0.4) is 0 Å². The van der Waals surface area contributed by atoms with E-state index in [9.17, 15) is 25.0 Å². The average Bonchev–Trinajstić information content (AvgIpc) is 2.66. The van der Waals surface area contributed by atoms with Gasteiger partial charge in [0.25, 0.3) is 11.4 Å². The number of nitro groups is 2. The lowest BCUT2D eigenvalue weighted by molar-refractivity contribution is -0.393. The van der Waals surface area contributed by atoms with E-state index in [1.54, 1.807) is 4.90 Å². The van der Waals surface area contributed by atoms with Gasteiger partial charge in [-0.15, -0.1) is 0 Å². The second-order valence-corrected chi connectivity index (χ2v) is 6.77. The molecule has 0 fully saturated rings. The van der Waals surface area contributed by atoms with Crippen LogP contribution in [0.4, 0.5) is 17.1 Å². The normalized spacial score (nSPS) is 13.0. The number of ether oxygens (including phenoxy) is 1. The molecule has 3 rings (SSSR count). The van der Waals surface area contributed by atoms with Gasteiger partial charge in [-0.2, -0.15) is 0 Å². The number of hydrogen-bond donors (Lipinski definition) is 0. The number of non-ortho nitro benzene ring substituents is 1. The highest BCUT2D eigenvalue weighted by atomic mass is 79.9. The molecule has 1 heterocycles. The second-order valence-electron chi connectivity index (χ2n) is 5.92. The highest BCUT2D eigenvalue weighted by Gasteiger charge is 2.33. The molecule has 27 heavy (non-hydrogen) atoms. The van der Waals surface area contributed by atoms with Crippen LogP contribution in [0.1, 0.15) is 21.5 Å². The predicted octanol–water partition coefficient (Wildman–Crippen LogP) is 3.61. The van der Waals surface area contributed by atoms with Crippen LogP contribution in [0.2, 0.25) is 0 Å². The molecule has 1 aliphatic rings. The van der Waals surface area contributed by atoms with Crippen molar-refractivity contribution < 1.29 is 19.4 Å². The Labute approximate surface area is 162 Å². The minimum Gasteiger partial charge on any atom is -0.465 e. The number of benzene rings is 2. The summed E-state index contributed by atoms with van der Waals surface area (Å²) in [5, 5.41) is 22.8. The van der Waals surface area contributed by atoms with Crippen LogP contribution in [0.5, 0.6) is 0 Å². The highest BCUT2D eigenvalue weighted by molar-refractivity contribution is 9.10. The maximum absolute atomic E-state index is 12.2. The summed E-state index contributed by atoms with van der Waals surface area (Å²) in [4.78, 5) is 35.2. The number of nitro benzene ring substituents is 2. The van der Waals surface area contributed by atoms with Crippen LogP contribution < -0.4 is 4.90 Å². The summed E-state index contributed by atoms with van der Waals surface area (Å²) in [5.74, 6) is -0.866. The van der Waals surface area contributed by atoms with Crippen molar-refractivity contribution >= 4 is 39.0 Å². The molecule has 0 saturated heterocycles. The quantitative estimate of drug-likeness (QED) is 0.408. The number of anilines is 1. The molecule has 0 spiro atoms. The molecule has 2 aromatic carbocycles. The second kappa shape index (κ2) is 7.31. The molecule has 0 unspecified atom stereocenters. The van der Waals surface area contributed by atoms with Crippen LogP contribution in [-0.2, 0) is 17.7 Å². The zero-order valence-corrected chi connectivity index (χ0v) is 15.8. The lowest BCUT2D eigenvalue weighted by atomic mass is 9.98. The van der Waals surface area contributed by atoms with Gasteiger partial charge in [0.05, 0.1) is 28.6 Å². The molecule has 10 heteroatoms. The topological polar surface area (TPSA) is 116 Å². The van der Waals surface area contributed by atoms with E-state index in [-0.39, 0.29) is 11.3 Å². The summed E-state index contributed by atoms with van der Waals surface area (Å²) in [6.45, 7) is 0.742. The van der Waals surface area contributed by atoms with Crippen molar-refractivity contribution in [2.75, 3.05) is 18.6 Å². The lowest BCUT2D eigenvalue weighted by Crippen LogP contribution is -2.32. The van der Waals surface area contributed by atoms with Crippen molar-refractivity contribution in [1.82, 2.24) is 0 Å². The highest BCUT2D eigenvalue weighted by Crippen LogP contribution is 2.39. The molecule has 2 aromatic rings. The number of rotatable bonds is 4. The molecule has 140 valence electrons. The van der Waals surface area contributed by atoms with Crippen LogP contribution in [0, 0.1) is 20.2 Å². The van der Waals surface area contributed by atoms with E-state index in [2.05, 4.69) is 15.9 Å². The van der Waals surface area contributed by atoms with Gasteiger partial charge < -0.3 is 9.64 Å². The van der Waals surface area contributed by atoms with E-state index < -0.39 is 27.2 Å². The minimum atomic E-state index is -0.866. The number of esters is 1. The fraction of sp³-hybridized carbons (Fsp3) is 0.235. The number of halogens is 1. The van der Waals surface area contributed by atoms with Crippen molar-refractivity contribution in [3.05, 3.63) is 71.7 Å². The maximum atomic E-state index is 12.2. The van der Waals surface area contributed by atoms with Gasteiger partial charge in [-0.1, -0.05) is 28.1 Å². The predicted molar refractivity (Wildman–Crippen MR) is 100.0 cm³/mol. The summed E-state index contributed by atoms with van der Waals surface area (Å²) < 4.78 is 5.57. The Kier molecular flexibility index (Phi) is 5.08. The first kappa shape index (κ1) is 18.8. The average molecular weight is 436 g/mol. The number of fused-ring (bicyclic) bond motifs is 1. The Morgan fingerprint density at radius 3 is 2.59 bits per heavy atom. The summed E-state index contributed by atoms with van der Waals surface area (Å²) in [5.41, 5.74) is 0.842. The van der Waals surface area contributed by atoms with E-state index in [0.29, 0.717) is 19.5 Å². The largest absolute Gasteiger partial charge is 0.465 e. The van der Waals surface area contributed by atoms with Crippen molar-refractivity contribution in [3.8, 4) is 0 Å². The summed E-state index contributed by atoms with van der Waals surface area (Å²) >= 11 is 3.48. The first-order chi connectivity index (χ1) is 12.8. The minimum absolute atomic E-state index is 0.0267. The summed E-state index contributed by atoms with van der Waals surface area (Å²) in [6.07, 6.45) is 0.615. The Hall–Kier alpha value is -3.01. The van der Waals surface area contributed by atoms with Gasteiger partial charge in [-0.25, -0.2) is 4.79 Å². The van der Waals surface area contributed by atoms with Gasteiger partial charge in [0.1, 0.15) is 5.69 Å². The first-order valence-corrected chi connectivity index (χ1v) is 8.69. The molecule has 0 amide bonds. The fourth-order valence-electron chi connectivity index (χ4n) is 3.18. The SMILES string of the molecule is COC(=O)c1cc([N+](=O)[O-])cc([N+](=O)[O-])c1N1CCc2cccc(Br)c2C1. The Morgan fingerprint density at radius 1 is 1.22 bits per heavy atom. The van der Waals surface area contributed by atoms with Crippen molar-refractivity contribution in [1.29, 1.82) is 0 Å². The molecule has 0 atom stereocenters. The molecule has 0 N–H and O–H groups in total. The Bertz CT molecular complexity index is 962. The van der Waals surface area contributed by atoms with E-state index in [1.165, 1.54) is 0 Å². The van der Waals surface area contributed by atoms with Crippen molar-refractivity contribution in [2.45, 2.75) is 13.0 Å².